The summed E-state index contributed by atoms with van der Waals surface area (Å²) >= 11 is 0. The number of anilines is 2. The quantitative estimate of drug-likeness (QED) is 0.171. The molecule has 0 radical (unpaired) electrons. The van der Waals surface area contributed by atoms with Crippen LogP contribution in [0.25, 0.3) is 55.5 Å². The predicted molar refractivity (Wildman–Crippen MR) is 278 cm³/mol. The van der Waals surface area contributed by atoms with Crippen LogP contribution in [0.15, 0.2) is 192 Å². The lowest BCUT2D eigenvalue weighted by atomic mass is 9.73. The van der Waals surface area contributed by atoms with Gasteiger partial charge in [0.15, 0.2) is 0 Å². The second-order valence-electron chi connectivity index (χ2n) is 22.8. The third-order valence-corrected chi connectivity index (χ3v) is 19.7. The van der Waals surface area contributed by atoms with Gasteiger partial charge in [0.05, 0.1) is 28.0 Å². The minimum Gasteiger partial charge on any atom is -0.354 e. The van der Waals surface area contributed by atoms with Crippen molar-refractivity contribution in [2.45, 2.75) is 61.9 Å². The Hall–Kier alpha value is -6.84. The van der Waals surface area contributed by atoms with E-state index < -0.39 is 0 Å². The Morgan fingerprint density at radius 2 is 1.53 bits per heavy atom. The van der Waals surface area contributed by atoms with Crippen molar-refractivity contribution < 1.29 is 0 Å². The average Bonchev–Trinajstić information content (AvgIpc) is 4.14. The van der Waals surface area contributed by atoms with Crippen LogP contribution >= 0.6 is 0 Å². The van der Waals surface area contributed by atoms with Gasteiger partial charge in [0, 0.05) is 62.3 Å². The summed E-state index contributed by atoms with van der Waals surface area (Å²) in [5, 5.41) is 6.92. The van der Waals surface area contributed by atoms with Crippen LogP contribution in [0, 0.1) is 48.3 Å². The Morgan fingerprint density at radius 1 is 0.706 bits per heavy atom. The maximum absolute atomic E-state index is 3.12. The zero-order chi connectivity index (χ0) is 44.0. The fraction of sp³-hybridized carbons (Fsp3) is 0.262. The molecule has 0 saturated heterocycles. The van der Waals surface area contributed by atoms with Gasteiger partial charge in [-0.1, -0.05) is 151 Å². The number of nitrogens with zero attached hydrogens (tertiary/aromatic N) is 3. The average molecular weight is 874 g/mol. The molecule has 10 aliphatic carbocycles. The lowest BCUT2D eigenvalue weighted by Crippen LogP contribution is -2.51. The maximum atomic E-state index is 3.12. The van der Waals surface area contributed by atoms with Crippen molar-refractivity contribution in [3.63, 3.8) is 0 Å². The van der Waals surface area contributed by atoms with Gasteiger partial charge in [-0.15, -0.1) is 0 Å². The Labute approximate surface area is 397 Å². The van der Waals surface area contributed by atoms with Crippen molar-refractivity contribution in [1.82, 2.24) is 4.57 Å². The summed E-state index contributed by atoms with van der Waals surface area (Å²) in [6.07, 6.45) is 30.3. The third-order valence-electron chi connectivity index (χ3n) is 19.7. The minimum absolute atomic E-state index is 0.00398. The number of fused-ring (bicyclic) bond motifs is 16. The van der Waals surface area contributed by atoms with E-state index in [1.807, 2.05) is 5.57 Å². The van der Waals surface area contributed by atoms with Gasteiger partial charge in [-0.05, 0) is 144 Å². The van der Waals surface area contributed by atoms with Crippen LogP contribution in [0.2, 0.25) is 0 Å². The summed E-state index contributed by atoms with van der Waals surface area (Å²) in [6.45, 7) is 2.22. The molecule has 10 unspecified atom stereocenters. The highest BCUT2D eigenvalue weighted by molar-refractivity contribution is 6.13. The molecule has 11 aliphatic rings. The number of hydrogen-bond donors (Lipinski definition) is 0. The largest absolute Gasteiger partial charge is 0.354 e. The smallest absolute Gasteiger partial charge is 0.0666 e. The van der Waals surface area contributed by atoms with Crippen molar-refractivity contribution in [3.05, 3.63) is 215 Å². The first-order valence-electron chi connectivity index (χ1n) is 25.8. The van der Waals surface area contributed by atoms with Crippen molar-refractivity contribution in [2.75, 3.05) is 9.80 Å². The van der Waals surface area contributed by atoms with Crippen LogP contribution in [0.5, 0.6) is 0 Å². The molecule has 326 valence electrons. The number of aromatic nitrogens is 1. The highest BCUT2D eigenvalue weighted by atomic mass is 15.4. The molecule has 3 nitrogen and oxygen atoms in total. The second-order valence-corrected chi connectivity index (χ2v) is 22.8. The second kappa shape index (κ2) is 11.9. The molecule has 0 amide bonds. The standard InChI is InChI=1S/C65H51N3/c1-37-17-22-43(23-18-37)66(56-27-28-57(51-33-50(51)56)67-58-26-21-39-10-2-5-13-45(39)60(58)48-16-8-12-38-9-3-6-14-46(38)61(48)67)44-29-30-63(35-42(63)32-44)68-62-47-15-7-4-11-40(47)19-25-54(62)64-36-65(64,68)55-34-52(55)59-49-31-41(49)20-24-53(59)64/h2-15,17-30,32,41-42,49-52,55H,16,31,33-36H2,1H3. The molecular formula is C65H51N3. The normalized spacial score (nSPS) is 33.6. The Morgan fingerprint density at radius 3 is 2.43 bits per heavy atom. The van der Waals surface area contributed by atoms with Crippen molar-refractivity contribution in [3.8, 4) is 11.3 Å². The van der Waals surface area contributed by atoms with E-state index in [0.717, 1.165) is 36.5 Å². The molecule has 5 saturated carbocycles. The highest BCUT2D eigenvalue weighted by Crippen LogP contribution is 2.87. The van der Waals surface area contributed by atoms with Crippen LogP contribution in [0.3, 0.4) is 0 Å². The molecule has 10 atom stereocenters. The van der Waals surface area contributed by atoms with Crippen LogP contribution in [-0.2, 0) is 11.8 Å². The van der Waals surface area contributed by atoms with Crippen LogP contribution in [0.1, 0.15) is 54.4 Å². The number of benzene rings is 6. The Balaban J connectivity index is 0.777. The van der Waals surface area contributed by atoms with Gasteiger partial charge in [-0.25, -0.2) is 0 Å². The minimum atomic E-state index is 0.00398. The van der Waals surface area contributed by atoms with E-state index in [4.69, 9.17) is 0 Å². The fourth-order valence-corrected chi connectivity index (χ4v) is 16.5. The van der Waals surface area contributed by atoms with Crippen molar-refractivity contribution >= 4 is 55.6 Å². The number of allylic oxidation sites excluding steroid dienone is 9. The van der Waals surface area contributed by atoms with E-state index in [-0.39, 0.29) is 16.5 Å². The summed E-state index contributed by atoms with van der Waals surface area (Å²) in [6, 6.07) is 46.5. The molecule has 0 bridgehead atoms. The molecular weight excluding hydrogens is 823 g/mol. The lowest BCUT2D eigenvalue weighted by Gasteiger charge is -2.43. The van der Waals surface area contributed by atoms with Gasteiger partial charge in [-0.2, -0.15) is 0 Å². The molecule has 6 aromatic carbocycles. The first kappa shape index (κ1) is 36.2. The fourth-order valence-electron chi connectivity index (χ4n) is 16.5. The third kappa shape index (κ3) is 4.20. The summed E-state index contributed by atoms with van der Waals surface area (Å²) in [7, 11) is 0. The first-order valence-corrected chi connectivity index (χ1v) is 25.8. The van der Waals surface area contributed by atoms with E-state index in [1.165, 1.54) is 109 Å². The molecule has 5 fully saturated rings. The summed E-state index contributed by atoms with van der Waals surface area (Å²) in [5.41, 5.74) is 20.8. The van der Waals surface area contributed by atoms with Gasteiger partial charge in [0.25, 0.3) is 0 Å². The summed E-state index contributed by atoms with van der Waals surface area (Å²) in [4.78, 5) is 5.79. The number of rotatable bonds is 5. The molecule has 18 rings (SSSR count). The van der Waals surface area contributed by atoms with Gasteiger partial charge >= 0.3 is 0 Å². The Bertz CT molecular complexity index is 3790. The zero-order valence-electron chi connectivity index (χ0n) is 38.4. The van der Waals surface area contributed by atoms with Crippen LogP contribution in [0.4, 0.5) is 11.4 Å². The van der Waals surface area contributed by atoms with E-state index in [9.17, 15) is 0 Å². The van der Waals surface area contributed by atoms with E-state index in [2.05, 4.69) is 197 Å². The first-order chi connectivity index (χ1) is 33.6. The highest BCUT2D eigenvalue weighted by Gasteiger charge is 2.89. The molecule has 1 aromatic heterocycles. The molecule has 0 spiro atoms. The molecule has 0 N–H and O–H groups in total. The molecule has 68 heavy (non-hydrogen) atoms. The summed E-state index contributed by atoms with van der Waals surface area (Å²) < 4.78 is 2.69. The topological polar surface area (TPSA) is 11.4 Å². The molecule has 7 aromatic rings. The summed E-state index contributed by atoms with van der Waals surface area (Å²) in [5.74, 6) is 4.55. The van der Waals surface area contributed by atoms with Gasteiger partial charge in [-0.3, -0.25) is 0 Å². The van der Waals surface area contributed by atoms with E-state index >= 15 is 0 Å². The molecule has 3 heteroatoms. The van der Waals surface area contributed by atoms with E-state index in [1.54, 1.807) is 16.8 Å². The van der Waals surface area contributed by atoms with Gasteiger partial charge in [0.2, 0.25) is 0 Å². The number of hydrogen-bond acceptors (Lipinski definition) is 2. The lowest BCUT2D eigenvalue weighted by molar-refractivity contribution is 0.418. The van der Waals surface area contributed by atoms with Crippen LogP contribution in [-0.4, -0.2) is 15.6 Å². The molecule has 1 aliphatic heterocycles. The predicted octanol–water partition coefficient (Wildman–Crippen LogP) is 14.6. The number of aryl methyl sites for hydroxylation is 1. The van der Waals surface area contributed by atoms with Gasteiger partial charge in [0.1, 0.15) is 0 Å². The SMILES string of the molecule is Cc1ccc(N(C2=CC3CC3(N3c4c(ccc5ccccc45)C45CC34C3CC3C3=C5C=CC4CC34)C=C2)C2=CC=C(n3c4c(c5c6ccccc6ccc53)CC=Cc3ccccc3-4)C3CC23)cc1. The maximum Gasteiger partial charge on any atom is 0.0666 e. The van der Waals surface area contributed by atoms with Gasteiger partial charge < -0.3 is 14.4 Å². The Kier molecular flexibility index (Phi) is 6.33. The van der Waals surface area contributed by atoms with Crippen molar-refractivity contribution in [1.29, 1.82) is 0 Å². The van der Waals surface area contributed by atoms with E-state index in [0.29, 0.717) is 17.8 Å². The monoisotopic (exact) mass is 873 g/mol. The zero-order valence-corrected chi connectivity index (χ0v) is 38.4. The van der Waals surface area contributed by atoms with Crippen LogP contribution < -0.4 is 9.80 Å². The van der Waals surface area contributed by atoms with Crippen molar-refractivity contribution in [2.24, 2.45) is 41.4 Å². The molecule has 2 heterocycles.